The van der Waals surface area contributed by atoms with Crippen molar-refractivity contribution in [2.75, 3.05) is 19.6 Å². The van der Waals surface area contributed by atoms with E-state index in [0.29, 0.717) is 0 Å². The molecule has 14 heavy (non-hydrogen) atoms. The first-order valence-electron chi connectivity index (χ1n) is 5.17. The highest BCUT2D eigenvalue weighted by Crippen LogP contribution is 2.33. The summed E-state index contributed by atoms with van der Waals surface area (Å²) in [5, 5.41) is 3.89. The monoisotopic (exact) mass is 190 g/mol. The number of fused-ring (bicyclic) bond motifs is 2. The third-order valence-electron chi connectivity index (χ3n) is 3.18. The van der Waals surface area contributed by atoms with Crippen molar-refractivity contribution in [2.24, 2.45) is 5.92 Å². The zero-order chi connectivity index (χ0) is 9.54. The number of rotatable bonds is 1. The van der Waals surface area contributed by atoms with E-state index in [0.717, 1.165) is 23.9 Å². The summed E-state index contributed by atoms with van der Waals surface area (Å²) in [6.45, 7) is 5.61. The van der Waals surface area contributed by atoms with Crippen LogP contribution in [0.5, 0.6) is 0 Å². The van der Waals surface area contributed by atoms with Crippen molar-refractivity contribution in [3.63, 3.8) is 0 Å². The minimum atomic E-state index is 0.778. The van der Waals surface area contributed by atoms with Gasteiger partial charge >= 0.3 is 0 Å². The van der Waals surface area contributed by atoms with Crippen LogP contribution in [-0.4, -0.2) is 29.7 Å². The third kappa shape index (κ3) is 1.28. The molecule has 3 rings (SSSR count). The highest BCUT2D eigenvalue weighted by Gasteiger charge is 2.33. The predicted octanol–water partition coefficient (Wildman–Crippen LogP) is 1.70. The zero-order valence-corrected chi connectivity index (χ0v) is 8.36. The van der Waals surface area contributed by atoms with Gasteiger partial charge in [0.25, 0.3) is 0 Å². The van der Waals surface area contributed by atoms with Crippen LogP contribution in [0.1, 0.15) is 17.9 Å². The maximum atomic E-state index is 5.19. The Morgan fingerprint density at radius 2 is 2.57 bits per heavy atom. The maximum Gasteiger partial charge on any atom is 0.159 e. The highest BCUT2D eigenvalue weighted by molar-refractivity contribution is 5.50. The van der Waals surface area contributed by atoms with Crippen molar-refractivity contribution >= 4 is 6.08 Å². The number of hydrogen-bond donors (Lipinski definition) is 0. The van der Waals surface area contributed by atoms with E-state index in [1.807, 2.05) is 13.0 Å². The molecule has 2 aliphatic rings. The molecule has 0 saturated carbocycles. The van der Waals surface area contributed by atoms with E-state index >= 15 is 0 Å². The lowest BCUT2D eigenvalue weighted by Crippen LogP contribution is -2.17. The summed E-state index contributed by atoms with van der Waals surface area (Å²) in [7, 11) is 0. The molecule has 0 aromatic carbocycles. The van der Waals surface area contributed by atoms with Gasteiger partial charge < -0.3 is 4.52 Å². The Morgan fingerprint density at radius 3 is 3.14 bits per heavy atom. The number of hydrogen-bond acceptors (Lipinski definition) is 3. The Bertz CT molecular complexity index is 380. The first-order chi connectivity index (χ1) is 6.81. The van der Waals surface area contributed by atoms with Gasteiger partial charge in [-0.15, -0.1) is 0 Å². The molecule has 0 spiro atoms. The first kappa shape index (κ1) is 8.24. The summed E-state index contributed by atoms with van der Waals surface area (Å²) in [5.74, 6) is 1.69. The molecule has 0 aliphatic carbocycles. The molecule has 1 aromatic heterocycles. The minimum absolute atomic E-state index is 0.778. The van der Waals surface area contributed by atoms with Crippen LogP contribution < -0.4 is 0 Å². The van der Waals surface area contributed by atoms with Gasteiger partial charge in [-0.25, -0.2) is 0 Å². The van der Waals surface area contributed by atoms with Gasteiger partial charge in [-0.05, 0) is 37.5 Å². The first-order valence-corrected chi connectivity index (χ1v) is 5.17. The van der Waals surface area contributed by atoms with E-state index in [4.69, 9.17) is 4.52 Å². The molecule has 1 unspecified atom stereocenters. The third-order valence-corrected chi connectivity index (χ3v) is 3.18. The molecule has 2 aliphatic heterocycles. The lowest BCUT2D eigenvalue weighted by Gasteiger charge is -2.13. The van der Waals surface area contributed by atoms with Gasteiger partial charge in [0.05, 0.1) is 5.69 Å². The van der Waals surface area contributed by atoms with Crippen LogP contribution in [0.25, 0.3) is 6.08 Å². The molecule has 2 fully saturated rings. The van der Waals surface area contributed by atoms with Gasteiger partial charge in [-0.1, -0.05) is 5.16 Å². The Kier molecular flexibility index (Phi) is 1.74. The topological polar surface area (TPSA) is 29.3 Å². The van der Waals surface area contributed by atoms with Gasteiger partial charge in [0.15, 0.2) is 5.76 Å². The van der Waals surface area contributed by atoms with Gasteiger partial charge in [0.1, 0.15) is 0 Å². The lowest BCUT2D eigenvalue weighted by molar-refractivity contribution is 0.391. The fourth-order valence-corrected chi connectivity index (χ4v) is 2.46. The summed E-state index contributed by atoms with van der Waals surface area (Å²) < 4.78 is 5.19. The van der Waals surface area contributed by atoms with E-state index < -0.39 is 0 Å². The molecule has 74 valence electrons. The molecule has 0 amide bonds. The normalized spacial score (nSPS) is 33.1. The Labute approximate surface area is 83.4 Å². The quantitative estimate of drug-likeness (QED) is 0.675. The Hall–Kier alpha value is -1.09. The van der Waals surface area contributed by atoms with E-state index in [1.54, 1.807) is 0 Å². The van der Waals surface area contributed by atoms with Crippen molar-refractivity contribution in [1.29, 1.82) is 0 Å². The summed E-state index contributed by atoms with van der Waals surface area (Å²) in [6, 6.07) is 1.99. The molecular weight excluding hydrogens is 176 g/mol. The maximum absolute atomic E-state index is 5.19. The van der Waals surface area contributed by atoms with Crippen LogP contribution in [-0.2, 0) is 0 Å². The van der Waals surface area contributed by atoms with Gasteiger partial charge in [0.2, 0.25) is 0 Å². The van der Waals surface area contributed by atoms with Crippen LogP contribution in [0.4, 0.5) is 0 Å². The number of piperidine rings is 1. The standard InChI is InChI=1S/C11H14N2O/c1-8-4-11(14-12-8)5-10-7-13-3-2-9(10)6-13/h4-5,9H,2-3,6-7H2,1H3/b10-5+/t9-/m0/s1. The fourth-order valence-electron chi connectivity index (χ4n) is 2.46. The van der Waals surface area contributed by atoms with Crippen molar-refractivity contribution in [3.05, 3.63) is 23.1 Å². The summed E-state index contributed by atoms with van der Waals surface area (Å²) in [6.07, 6.45) is 3.49. The van der Waals surface area contributed by atoms with Crippen LogP contribution >= 0.6 is 0 Å². The average molecular weight is 190 g/mol. The van der Waals surface area contributed by atoms with Gasteiger partial charge in [-0.3, -0.25) is 4.90 Å². The van der Waals surface area contributed by atoms with Crippen molar-refractivity contribution in [3.8, 4) is 0 Å². The number of aryl methyl sites for hydroxylation is 1. The summed E-state index contributed by atoms with van der Waals surface area (Å²) in [5.41, 5.74) is 2.48. The molecule has 2 saturated heterocycles. The van der Waals surface area contributed by atoms with E-state index in [9.17, 15) is 0 Å². The molecule has 0 N–H and O–H groups in total. The Morgan fingerprint density at radius 1 is 1.64 bits per heavy atom. The van der Waals surface area contributed by atoms with Gasteiger partial charge in [0, 0.05) is 19.2 Å². The SMILES string of the molecule is Cc1cc(/C=C2\CN3CC[C@H]2C3)on1. The van der Waals surface area contributed by atoms with Crippen LogP contribution in [0.3, 0.4) is 0 Å². The summed E-state index contributed by atoms with van der Waals surface area (Å²) in [4.78, 5) is 2.50. The van der Waals surface area contributed by atoms with Crippen LogP contribution in [0.15, 0.2) is 16.2 Å². The molecule has 3 heterocycles. The summed E-state index contributed by atoms with van der Waals surface area (Å²) >= 11 is 0. The van der Waals surface area contributed by atoms with Crippen molar-refractivity contribution in [2.45, 2.75) is 13.3 Å². The number of aromatic nitrogens is 1. The molecule has 0 radical (unpaired) electrons. The molecule has 1 aromatic rings. The van der Waals surface area contributed by atoms with Crippen molar-refractivity contribution < 1.29 is 4.52 Å². The minimum Gasteiger partial charge on any atom is -0.357 e. The lowest BCUT2D eigenvalue weighted by atomic mass is 9.98. The highest BCUT2D eigenvalue weighted by atomic mass is 16.5. The van der Waals surface area contributed by atoms with Gasteiger partial charge in [-0.2, -0.15) is 0 Å². The molecule has 3 nitrogen and oxygen atoms in total. The fraction of sp³-hybridized carbons (Fsp3) is 0.545. The second-order valence-corrected chi connectivity index (χ2v) is 4.31. The second kappa shape index (κ2) is 2.95. The Balaban J connectivity index is 1.85. The van der Waals surface area contributed by atoms with Crippen molar-refractivity contribution in [1.82, 2.24) is 10.1 Å². The molecule has 3 heteroatoms. The second-order valence-electron chi connectivity index (χ2n) is 4.31. The predicted molar refractivity (Wildman–Crippen MR) is 53.8 cm³/mol. The molecular formula is C11H14N2O. The molecule has 2 atom stereocenters. The van der Waals surface area contributed by atoms with E-state index in [2.05, 4.69) is 16.1 Å². The van der Waals surface area contributed by atoms with E-state index in [1.165, 1.54) is 25.1 Å². The van der Waals surface area contributed by atoms with Crippen LogP contribution in [0, 0.1) is 12.8 Å². The number of nitrogens with zero attached hydrogens (tertiary/aromatic N) is 2. The largest absolute Gasteiger partial charge is 0.357 e. The molecule has 2 bridgehead atoms. The zero-order valence-electron chi connectivity index (χ0n) is 8.36. The smallest absolute Gasteiger partial charge is 0.159 e. The van der Waals surface area contributed by atoms with E-state index in [-0.39, 0.29) is 0 Å². The van der Waals surface area contributed by atoms with Crippen LogP contribution in [0.2, 0.25) is 0 Å². The average Bonchev–Trinajstić information content (AvgIpc) is 2.82.